The third-order valence-electron chi connectivity index (χ3n) is 4.44. The Morgan fingerprint density at radius 1 is 1.19 bits per heavy atom. The molecule has 3 aromatic rings. The van der Waals surface area contributed by atoms with Crippen molar-refractivity contribution in [3.05, 3.63) is 65.2 Å². The van der Waals surface area contributed by atoms with Gasteiger partial charge in [0.25, 0.3) is 0 Å². The standard InChI is InChI=1S/C19H21N5O3/c1-12-17(13(2)23(22-12)11-15-7-5-4-6-8-15)21-18(25)14(3)24-16(19(26)27)9-10-20-24/h4-10,14H,11H2,1-3H3,(H,21,25)(H,26,27). The molecule has 3 rings (SSSR count). The highest BCUT2D eigenvalue weighted by Gasteiger charge is 2.23. The monoisotopic (exact) mass is 367 g/mol. The average molecular weight is 367 g/mol. The largest absolute Gasteiger partial charge is 0.477 e. The number of carbonyl (C=O) groups excluding carboxylic acids is 1. The van der Waals surface area contributed by atoms with Gasteiger partial charge in [0.15, 0.2) is 0 Å². The summed E-state index contributed by atoms with van der Waals surface area (Å²) in [5.74, 6) is -1.48. The third kappa shape index (κ3) is 3.74. The number of amides is 1. The molecule has 0 radical (unpaired) electrons. The summed E-state index contributed by atoms with van der Waals surface area (Å²) < 4.78 is 3.03. The van der Waals surface area contributed by atoms with Gasteiger partial charge in [0.2, 0.25) is 5.91 Å². The van der Waals surface area contributed by atoms with Gasteiger partial charge in [0.1, 0.15) is 11.7 Å². The van der Waals surface area contributed by atoms with Crippen LogP contribution < -0.4 is 5.32 Å². The molecule has 2 aromatic heterocycles. The summed E-state index contributed by atoms with van der Waals surface area (Å²) in [6.45, 7) is 5.92. The first-order chi connectivity index (χ1) is 12.9. The summed E-state index contributed by atoms with van der Waals surface area (Å²) in [4.78, 5) is 23.9. The molecule has 0 aliphatic heterocycles. The first kappa shape index (κ1) is 18.4. The number of nitrogens with one attached hydrogen (secondary N) is 1. The zero-order valence-electron chi connectivity index (χ0n) is 15.4. The highest BCUT2D eigenvalue weighted by Crippen LogP contribution is 2.22. The van der Waals surface area contributed by atoms with Gasteiger partial charge in [0, 0.05) is 6.20 Å². The van der Waals surface area contributed by atoms with E-state index in [2.05, 4.69) is 15.5 Å². The summed E-state index contributed by atoms with van der Waals surface area (Å²) in [6.07, 6.45) is 1.36. The second kappa shape index (κ2) is 7.45. The molecule has 140 valence electrons. The van der Waals surface area contributed by atoms with E-state index in [1.165, 1.54) is 16.9 Å². The molecule has 0 bridgehead atoms. The van der Waals surface area contributed by atoms with Crippen molar-refractivity contribution in [3.8, 4) is 0 Å². The van der Waals surface area contributed by atoms with Crippen molar-refractivity contribution < 1.29 is 14.7 Å². The van der Waals surface area contributed by atoms with E-state index in [1.54, 1.807) is 6.92 Å². The Morgan fingerprint density at radius 2 is 1.89 bits per heavy atom. The summed E-state index contributed by atoms with van der Waals surface area (Å²) in [6, 6.07) is 10.5. The molecule has 1 unspecified atom stereocenters. The van der Waals surface area contributed by atoms with E-state index in [4.69, 9.17) is 0 Å². The summed E-state index contributed by atoms with van der Waals surface area (Å²) in [7, 11) is 0. The third-order valence-corrected chi connectivity index (χ3v) is 4.44. The Labute approximate surface area is 156 Å². The fraction of sp³-hybridized carbons (Fsp3) is 0.263. The summed E-state index contributed by atoms with van der Waals surface area (Å²) in [5.41, 5.74) is 3.23. The van der Waals surface area contributed by atoms with E-state index < -0.39 is 12.0 Å². The number of benzene rings is 1. The van der Waals surface area contributed by atoms with Gasteiger partial charge in [-0.1, -0.05) is 30.3 Å². The van der Waals surface area contributed by atoms with Crippen LogP contribution in [0.5, 0.6) is 0 Å². The summed E-state index contributed by atoms with van der Waals surface area (Å²) >= 11 is 0. The number of aromatic carboxylic acids is 1. The molecule has 8 nitrogen and oxygen atoms in total. The van der Waals surface area contributed by atoms with E-state index in [1.807, 2.05) is 48.9 Å². The van der Waals surface area contributed by atoms with E-state index in [0.29, 0.717) is 17.9 Å². The van der Waals surface area contributed by atoms with Crippen molar-refractivity contribution in [1.82, 2.24) is 19.6 Å². The minimum absolute atomic E-state index is 0.0362. The second-order valence-electron chi connectivity index (χ2n) is 6.32. The lowest BCUT2D eigenvalue weighted by molar-refractivity contribution is -0.119. The van der Waals surface area contributed by atoms with E-state index in [0.717, 1.165) is 11.3 Å². The predicted molar refractivity (Wildman–Crippen MR) is 99.8 cm³/mol. The van der Waals surface area contributed by atoms with Crippen LogP contribution in [0.25, 0.3) is 0 Å². The van der Waals surface area contributed by atoms with Crippen LogP contribution in [0.15, 0.2) is 42.6 Å². The van der Waals surface area contributed by atoms with E-state index in [9.17, 15) is 14.7 Å². The van der Waals surface area contributed by atoms with Crippen LogP contribution in [0.4, 0.5) is 5.69 Å². The molecule has 0 saturated heterocycles. The predicted octanol–water partition coefficient (Wildman–Crippen LogP) is 2.64. The van der Waals surface area contributed by atoms with Crippen LogP contribution in [0.2, 0.25) is 0 Å². The van der Waals surface area contributed by atoms with Crippen molar-refractivity contribution in [2.75, 3.05) is 5.32 Å². The van der Waals surface area contributed by atoms with Crippen LogP contribution in [0.1, 0.15) is 40.4 Å². The van der Waals surface area contributed by atoms with Gasteiger partial charge < -0.3 is 10.4 Å². The Hall–Kier alpha value is -3.42. The Kier molecular flexibility index (Phi) is 5.07. The molecule has 1 amide bonds. The molecule has 1 aromatic carbocycles. The van der Waals surface area contributed by atoms with Crippen LogP contribution in [-0.4, -0.2) is 36.5 Å². The first-order valence-electron chi connectivity index (χ1n) is 8.54. The molecule has 2 N–H and O–H groups in total. The molecule has 8 heteroatoms. The number of carboxylic acids is 1. The quantitative estimate of drug-likeness (QED) is 0.697. The zero-order valence-corrected chi connectivity index (χ0v) is 15.4. The minimum Gasteiger partial charge on any atom is -0.477 e. The number of hydrogen-bond donors (Lipinski definition) is 2. The van der Waals surface area contributed by atoms with Crippen LogP contribution in [0.3, 0.4) is 0 Å². The molecule has 1 atom stereocenters. The van der Waals surface area contributed by atoms with Gasteiger partial charge in [-0.15, -0.1) is 0 Å². The molecule has 0 saturated carbocycles. The second-order valence-corrected chi connectivity index (χ2v) is 6.32. The number of nitrogens with zero attached hydrogens (tertiary/aromatic N) is 4. The van der Waals surface area contributed by atoms with Crippen molar-refractivity contribution >= 4 is 17.6 Å². The zero-order chi connectivity index (χ0) is 19.6. The van der Waals surface area contributed by atoms with Crippen molar-refractivity contribution in [2.24, 2.45) is 0 Å². The van der Waals surface area contributed by atoms with Crippen LogP contribution in [-0.2, 0) is 11.3 Å². The lowest BCUT2D eigenvalue weighted by Gasteiger charge is -2.14. The molecular weight excluding hydrogens is 346 g/mol. The van der Waals surface area contributed by atoms with E-state index in [-0.39, 0.29) is 11.6 Å². The maximum Gasteiger partial charge on any atom is 0.354 e. The molecule has 0 spiro atoms. The first-order valence-corrected chi connectivity index (χ1v) is 8.54. The maximum absolute atomic E-state index is 12.7. The Balaban J connectivity index is 1.80. The van der Waals surface area contributed by atoms with Crippen LogP contribution >= 0.6 is 0 Å². The SMILES string of the molecule is Cc1nn(Cc2ccccc2)c(C)c1NC(=O)C(C)n1nccc1C(=O)O. The number of rotatable bonds is 6. The number of aryl methyl sites for hydroxylation is 1. The van der Waals surface area contributed by atoms with Crippen molar-refractivity contribution in [3.63, 3.8) is 0 Å². The highest BCUT2D eigenvalue weighted by molar-refractivity contribution is 5.95. The topological polar surface area (TPSA) is 102 Å². The molecule has 0 aliphatic carbocycles. The van der Waals surface area contributed by atoms with Gasteiger partial charge in [-0.3, -0.25) is 9.48 Å². The number of anilines is 1. The molecule has 2 heterocycles. The average Bonchev–Trinajstić information content (AvgIpc) is 3.23. The maximum atomic E-state index is 12.7. The Bertz CT molecular complexity index is 975. The smallest absolute Gasteiger partial charge is 0.354 e. The number of carboxylic acid groups (broad SMARTS) is 1. The normalized spacial score (nSPS) is 12.0. The highest BCUT2D eigenvalue weighted by atomic mass is 16.4. The number of hydrogen-bond acceptors (Lipinski definition) is 4. The number of carbonyl (C=O) groups is 2. The molecule has 0 aliphatic rings. The van der Waals surface area contributed by atoms with Gasteiger partial charge >= 0.3 is 5.97 Å². The molecular formula is C19H21N5O3. The fourth-order valence-electron chi connectivity index (χ4n) is 2.92. The lowest BCUT2D eigenvalue weighted by atomic mass is 10.2. The lowest BCUT2D eigenvalue weighted by Crippen LogP contribution is -2.27. The molecule has 0 fully saturated rings. The number of aromatic nitrogens is 4. The molecule has 27 heavy (non-hydrogen) atoms. The Morgan fingerprint density at radius 3 is 2.56 bits per heavy atom. The van der Waals surface area contributed by atoms with Gasteiger partial charge in [0.05, 0.1) is 23.6 Å². The van der Waals surface area contributed by atoms with Gasteiger partial charge in [-0.25, -0.2) is 9.48 Å². The summed E-state index contributed by atoms with van der Waals surface area (Å²) in [5, 5.41) is 20.5. The van der Waals surface area contributed by atoms with Gasteiger partial charge in [-0.05, 0) is 32.4 Å². The fourth-order valence-corrected chi connectivity index (χ4v) is 2.92. The van der Waals surface area contributed by atoms with Crippen LogP contribution in [0, 0.1) is 13.8 Å². The minimum atomic E-state index is -1.13. The van der Waals surface area contributed by atoms with Crippen molar-refractivity contribution in [2.45, 2.75) is 33.4 Å². The van der Waals surface area contributed by atoms with Crippen molar-refractivity contribution in [1.29, 1.82) is 0 Å². The van der Waals surface area contributed by atoms with E-state index >= 15 is 0 Å². The van der Waals surface area contributed by atoms with Gasteiger partial charge in [-0.2, -0.15) is 10.2 Å².